The Morgan fingerprint density at radius 2 is 2.22 bits per heavy atom. The molecule has 1 rings (SSSR count). The van der Waals surface area contributed by atoms with E-state index in [1.165, 1.54) is 0 Å². The molecule has 0 aliphatic carbocycles. The van der Waals surface area contributed by atoms with Crippen LogP contribution in [0.25, 0.3) is 0 Å². The van der Waals surface area contributed by atoms with Gasteiger partial charge in [-0.15, -0.1) is 0 Å². The van der Waals surface area contributed by atoms with Gasteiger partial charge in [0.25, 0.3) is 5.91 Å². The van der Waals surface area contributed by atoms with Gasteiger partial charge in [0.05, 0.1) is 0 Å². The molecule has 6 heteroatoms. The molecule has 1 aliphatic rings. The SMILES string of the molecule is CCCCCNC(=O)C1OCCCC1OC(N)=O. The molecule has 0 spiro atoms. The van der Waals surface area contributed by atoms with Crippen LogP contribution in [0.15, 0.2) is 0 Å². The molecule has 2 unspecified atom stereocenters. The van der Waals surface area contributed by atoms with Gasteiger partial charge in [-0.3, -0.25) is 4.79 Å². The number of carbonyl (C=O) groups excluding carboxylic acids is 2. The van der Waals surface area contributed by atoms with Crippen LogP contribution in [-0.4, -0.2) is 37.4 Å². The van der Waals surface area contributed by atoms with Gasteiger partial charge >= 0.3 is 6.09 Å². The maximum absolute atomic E-state index is 11.9. The van der Waals surface area contributed by atoms with Crippen LogP contribution in [0.5, 0.6) is 0 Å². The molecule has 0 radical (unpaired) electrons. The Hall–Kier alpha value is -1.30. The van der Waals surface area contributed by atoms with Crippen molar-refractivity contribution < 1.29 is 19.1 Å². The number of rotatable bonds is 6. The van der Waals surface area contributed by atoms with Crippen LogP contribution in [-0.2, 0) is 14.3 Å². The number of hydrogen-bond acceptors (Lipinski definition) is 4. The number of primary amides is 1. The summed E-state index contributed by atoms with van der Waals surface area (Å²) in [6.45, 7) is 3.23. The number of amides is 2. The fourth-order valence-corrected chi connectivity index (χ4v) is 1.96. The maximum atomic E-state index is 11.9. The quantitative estimate of drug-likeness (QED) is 0.693. The van der Waals surface area contributed by atoms with E-state index < -0.39 is 18.3 Å². The summed E-state index contributed by atoms with van der Waals surface area (Å²) in [6.07, 6.45) is 2.32. The van der Waals surface area contributed by atoms with Crippen molar-refractivity contribution in [3.63, 3.8) is 0 Å². The molecule has 0 aromatic carbocycles. The second kappa shape index (κ2) is 7.92. The second-order valence-electron chi connectivity index (χ2n) is 4.41. The van der Waals surface area contributed by atoms with Crippen LogP contribution in [0.1, 0.15) is 39.0 Å². The Labute approximate surface area is 107 Å². The first kappa shape index (κ1) is 14.8. The minimum absolute atomic E-state index is 0.225. The first-order chi connectivity index (χ1) is 8.65. The Morgan fingerprint density at radius 1 is 1.44 bits per heavy atom. The normalized spacial score (nSPS) is 23.4. The topological polar surface area (TPSA) is 90.7 Å². The van der Waals surface area contributed by atoms with Crippen LogP contribution in [0.4, 0.5) is 4.79 Å². The third kappa shape index (κ3) is 4.91. The van der Waals surface area contributed by atoms with Crippen LogP contribution in [0.2, 0.25) is 0 Å². The fourth-order valence-electron chi connectivity index (χ4n) is 1.96. The van der Waals surface area contributed by atoms with E-state index in [9.17, 15) is 9.59 Å². The summed E-state index contributed by atoms with van der Waals surface area (Å²) in [4.78, 5) is 22.6. The highest BCUT2D eigenvalue weighted by Gasteiger charge is 2.34. The first-order valence-corrected chi connectivity index (χ1v) is 6.50. The third-order valence-electron chi connectivity index (χ3n) is 2.87. The zero-order valence-electron chi connectivity index (χ0n) is 10.8. The van der Waals surface area contributed by atoms with Gasteiger partial charge < -0.3 is 20.5 Å². The summed E-state index contributed by atoms with van der Waals surface area (Å²) in [7, 11) is 0. The van der Waals surface area contributed by atoms with Gasteiger partial charge in [0.2, 0.25) is 0 Å². The molecule has 1 fully saturated rings. The lowest BCUT2D eigenvalue weighted by atomic mass is 10.0. The van der Waals surface area contributed by atoms with Crippen molar-refractivity contribution in [2.75, 3.05) is 13.2 Å². The van der Waals surface area contributed by atoms with Crippen LogP contribution in [0.3, 0.4) is 0 Å². The van der Waals surface area contributed by atoms with E-state index in [0.717, 1.165) is 25.7 Å². The average molecular weight is 258 g/mol. The summed E-state index contributed by atoms with van der Waals surface area (Å²) < 4.78 is 10.3. The summed E-state index contributed by atoms with van der Waals surface area (Å²) in [5.74, 6) is -0.225. The highest BCUT2D eigenvalue weighted by atomic mass is 16.6. The largest absolute Gasteiger partial charge is 0.443 e. The summed E-state index contributed by atoms with van der Waals surface area (Å²) >= 11 is 0. The van der Waals surface area contributed by atoms with E-state index in [0.29, 0.717) is 19.6 Å². The third-order valence-corrected chi connectivity index (χ3v) is 2.87. The van der Waals surface area contributed by atoms with Gasteiger partial charge in [0.15, 0.2) is 6.10 Å². The van der Waals surface area contributed by atoms with Crippen molar-refractivity contribution in [2.45, 2.75) is 51.2 Å². The van der Waals surface area contributed by atoms with Gasteiger partial charge in [-0.1, -0.05) is 19.8 Å². The molecule has 0 bridgehead atoms. The molecule has 18 heavy (non-hydrogen) atoms. The number of nitrogens with two attached hydrogens (primary N) is 1. The molecular weight excluding hydrogens is 236 g/mol. The highest BCUT2D eigenvalue weighted by Crippen LogP contribution is 2.17. The lowest BCUT2D eigenvalue weighted by Crippen LogP contribution is -2.49. The van der Waals surface area contributed by atoms with Gasteiger partial charge in [0, 0.05) is 13.2 Å². The van der Waals surface area contributed by atoms with E-state index in [2.05, 4.69) is 12.2 Å². The van der Waals surface area contributed by atoms with E-state index in [-0.39, 0.29) is 5.91 Å². The number of unbranched alkanes of at least 4 members (excludes halogenated alkanes) is 2. The maximum Gasteiger partial charge on any atom is 0.404 e. The number of hydrogen-bond donors (Lipinski definition) is 2. The second-order valence-corrected chi connectivity index (χ2v) is 4.41. The predicted molar refractivity (Wildman–Crippen MR) is 66.0 cm³/mol. The summed E-state index contributed by atoms with van der Waals surface area (Å²) in [5.41, 5.74) is 4.98. The zero-order valence-corrected chi connectivity index (χ0v) is 10.8. The van der Waals surface area contributed by atoms with Crippen LogP contribution >= 0.6 is 0 Å². The molecule has 2 amide bonds. The smallest absolute Gasteiger partial charge is 0.404 e. The van der Waals surface area contributed by atoms with E-state index >= 15 is 0 Å². The van der Waals surface area contributed by atoms with Gasteiger partial charge in [-0.2, -0.15) is 0 Å². The van der Waals surface area contributed by atoms with Crippen molar-refractivity contribution in [1.29, 1.82) is 0 Å². The number of ether oxygens (including phenoxy) is 2. The fraction of sp³-hybridized carbons (Fsp3) is 0.833. The molecule has 1 saturated heterocycles. The Kier molecular flexibility index (Phi) is 6.49. The Morgan fingerprint density at radius 3 is 2.89 bits per heavy atom. The van der Waals surface area contributed by atoms with Crippen LogP contribution in [0, 0.1) is 0 Å². The number of carbonyl (C=O) groups is 2. The van der Waals surface area contributed by atoms with Crippen molar-refractivity contribution in [3.05, 3.63) is 0 Å². The molecule has 0 aromatic rings. The molecule has 3 N–H and O–H groups in total. The monoisotopic (exact) mass is 258 g/mol. The Bertz CT molecular complexity index is 283. The standard InChI is InChI=1S/C12H22N2O4/c1-2-3-4-7-14-11(15)10-9(18-12(13)16)6-5-8-17-10/h9-10H,2-8H2,1H3,(H2,13,16)(H,14,15). The highest BCUT2D eigenvalue weighted by molar-refractivity contribution is 5.82. The van der Waals surface area contributed by atoms with Gasteiger partial charge in [-0.05, 0) is 19.3 Å². The predicted octanol–water partition coefficient (Wildman–Crippen LogP) is 0.936. The van der Waals surface area contributed by atoms with Crippen molar-refractivity contribution in [3.8, 4) is 0 Å². The van der Waals surface area contributed by atoms with Crippen molar-refractivity contribution in [1.82, 2.24) is 5.32 Å². The first-order valence-electron chi connectivity index (χ1n) is 6.50. The van der Waals surface area contributed by atoms with Crippen molar-refractivity contribution in [2.24, 2.45) is 5.73 Å². The zero-order chi connectivity index (χ0) is 13.4. The molecule has 1 aliphatic heterocycles. The molecule has 0 aromatic heterocycles. The minimum atomic E-state index is -0.866. The number of nitrogens with one attached hydrogen (secondary N) is 1. The van der Waals surface area contributed by atoms with Crippen molar-refractivity contribution >= 4 is 12.0 Å². The average Bonchev–Trinajstić information content (AvgIpc) is 2.34. The van der Waals surface area contributed by atoms with E-state index in [4.69, 9.17) is 15.2 Å². The summed E-state index contributed by atoms with van der Waals surface area (Å²) in [6, 6.07) is 0. The van der Waals surface area contributed by atoms with Gasteiger partial charge in [0.1, 0.15) is 6.10 Å². The lowest BCUT2D eigenvalue weighted by molar-refractivity contribution is -0.146. The van der Waals surface area contributed by atoms with E-state index in [1.807, 2.05) is 0 Å². The molecular formula is C12H22N2O4. The molecule has 0 saturated carbocycles. The molecule has 6 nitrogen and oxygen atoms in total. The molecule has 104 valence electrons. The van der Waals surface area contributed by atoms with Crippen LogP contribution < -0.4 is 11.1 Å². The Balaban J connectivity index is 2.39. The van der Waals surface area contributed by atoms with E-state index in [1.54, 1.807) is 0 Å². The molecule has 2 atom stereocenters. The summed E-state index contributed by atoms with van der Waals surface area (Å²) in [5, 5.41) is 2.79. The van der Waals surface area contributed by atoms with Gasteiger partial charge in [-0.25, -0.2) is 4.79 Å². The molecule has 1 heterocycles. The minimum Gasteiger partial charge on any atom is -0.443 e. The lowest BCUT2D eigenvalue weighted by Gasteiger charge is -2.29.